The van der Waals surface area contributed by atoms with Crippen LogP contribution in [0.15, 0.2) is 66.7 Å². The Bertz CT molecular complexity index is 1150. The van der Waals surface area contributed by atoms with Crippen LogP contribution in [0.1, 0.15) is 74.6 Å². The largest absolute Gasteiger partial charge is 0.462 e. The number of ether oxygens (including phenoxy) is 1. The van der Waals surface area contributed by atoms with E-state index in [1.807, 2.05) is 25.1 Å². The standard InChI is InChI=1S/C30H35NO2/c1-7-33-28(32)23-13-16-26-24(18-23)19-30(5,6)27(31-26)22-10-8-9-21(17-22)20-11-14-25(15-12-20)29(2,3)4/h8-18,27,31H,7,19H2,1-6H3. The molecule has 0 aliphatic carbocycles. The number of carbonyl (C=O) groups excluding carboxylic acids is 1. The molecule has 0 amide bonds. The van der Waals surface area contributed by atoms with Crippen LogP contribution in [-0.2, 0) is 16.6 Å². The second kappa shape index (κ2) is 8.70. The first kappa shape index (κ1) is 23.1. The minimum Gasteiger partial charge on any atom is -0.462 e. The zero-order chi connectivity index (χ0) is 23.8. The Balaban J connectivity index is 1.63. The van der Waals surface area contributed by atoms with E-state index >= 15 is 0 Å². The average molecular weight is 442 g/mol. The summed E-state index contributed by atoms with van der Waals surface area (Å²) >= 11 is 0. The summed E-state index contributed by atoms with van der Waals surface area (Å²) in [6.07, 6.45) is 0.887. The van der Waals surface area contributed by atoms with Gasteiger partial charge < -0.3 is 10.1 Å². The Kier molecular flexibility index (Phi) is 6.09. The van der Waals surface area contributed by atoms with Crippen molar-refractivity contribution in [2.24, 2.45) is 5.41 Å². The maximum Gasteiger partial charge on any atom is 0.338 e. The van der Waals surface area contributed by atoms with Gasteiger partial charge in [0.15, 0.2) is 0 Å². The van der Waals surface area contributed by atoms with Crippen molar-refractivity contribution in [2.75, 3.05) is 11.9 Å². The molecule has 1 aliphatic rings. The number of nitrogens with one attached hydrogen (secondary N) is 1. The third-order valence-corrected chi connectivity index (χ3v) is 6.65. The maximum atomic E-state index is 12.2. The van der Waals surface area contributed by atoms with E-state index in [4.69, 9.17) is 4.74 Å². The molecule has 1 N–H and O–H groups in total. The second-order valence-corrected chi connectivity index (χ2v) is 10.8. The first-order chi connectivity index (χ1) is 15.6. The molecule has 0 bridgehead atoms. The van der Waals surface area contributed by atoms with Gasteiger partial charge in [-0.1, -0.05) is 77.1 Å². The minimum atomic E-state index is -0.259. The number of rotatable bonds is 4. The Hall–Kier alpha value is -3.07. The number of esters is 1. The summed E-state index contributed by atoms with van der Waals surface area (Å²) in [4.78, 5) is 12.2. The molecule has 3 aromatic rings. The van der Waals surface area contributed by atoms with Crippen molar-refractivity contribution in [1.29, 1.82) is 0 Å². The summed E-state index contributed by atoms with van der Waals surface area (Å²) in [5.74, 6) is -0.259. The smallest absolute Gasteiger partial charge is 0.338 e. The maximum absolute atomic E-state index is 12.2. The van der Waals surface area contributed by atoms with Crippen LogP contribution in [0.2, 0.25) is 0 Å². The molecule has 3 nitrogen and oxygen atoms in total. The molecule has 172 valence electrons. The van der Waals surface area contributed by atoms with E-state index in [-0.39, 0.29) is 22.8 Å². The number of carbonyl (C=O) groups is 1. The molecule has 1 heterocycles. The Morgan fingerprint density at radius 1 is 1.00 bits per heavy atom. The van der Waals surface area contributed by atoms with Gasteiger partial charge in [0.1, 0.15) is 0 Å². The van der Waals surface area contributed by atoms with Crippen LogP contribution in [-0.4, -0.2) is 12.6 Å². The lowest BCUT2D eigenvalue weighted by molar-refractivity contribution is 0.0526. The molecule has 3 heteroatoms. The molecule has 1 unspecified atom stereocenters. The second-order valence-electron chi connectivity index (χ2n) is 10.8. The van der Waals surface area contributed by atoms with Gasteiger partial charge in [0.2, 0.25) is 0 Å². The highest BCUT2D eigenvalue weighted by molar-refractivity contribution is 5.90. The Labute approximate surface area is 198 Å². The highest BCUT2D eigenvalue weighted by Crippen LogP contribution is 2.45. The van der Waals surface area contributed by atoms with Gasteiger partial charge in [-0.3, -0.25) is 0 Å². The van der Waals surface area contributed by atoms with E-state index in [1.54, 1.807) is 0 Å². The van der Waals surface area contributed by atoms with Crippen LogP contribution in [0.5, 0.6) is 0 Å². The van der Waals surface area contributed by atoms with Gasteiger partial charge in [-0.15, -0.1) is 0 Å². The fourth-order valence-corrected chi connectivity index (χ4v) is 4.76. The average Bonchev–Trinajstić information content (AvgIpc) is 2.77. The predicted molar refractivity (Wildman–Crippen MR) is 137 cm³/mol. The molecule has 0 saturated heterocycles. The van der Waals surface area contributed by atoms with E-state index < -0.39 is 0 Å². The monoisotopic (exact) mass is 441 g/mol. The quantitative estimate of drug-likeness (QED) is 0.424. The Morgan fingerprint density at radius 2 is 1.73 bits per heavy atom. The molecule has 1 aliphatic heterocycles. The highest BCUT2D eigenvalue weighted by Gasteiger charge is 2.36. The third-order valence-electron chi connectivity index (χ3n) is 6.65. The number of hydrogen-bond donors (Lipinski definition) is 1. The zero-order valence-corrected chi connectivity index (χ0v) is 20.7. The van der Waals surface area contributed by atoms with E-state index in [0.717, 1.165) is 17.7 Å². The van der Waals surface area contributed by atoms with Crippen LogP contribution in [0.25, 0.3) is 11.1 Å². The molecule has 4 rings (SSSR count). The lowest BCUT2D eigenvalue weighted by Crippen LogP contribution is -2.35. The van der Waals surface area contributed by atoms with E-state index in [0.29, 0.717) is 12.2 Å². The van der Waals surface area contributed by atoms with Crippen molar-refractivity contribution < 1.29 is 9.53 Å². The normalized spacial score (nSPS) is 17.1. The van der Waals surface area contributed by atoms with Gasteiger partial charge in [0.25, 0.3) is 0 Å². The molecule has 0 fully saturated rings. The van der Waals surface area contributed by atoms with Crippen LogP contribution in [0.3, 0.4) is 0 Å². The molecule has 3 aromatic carbocycles. The van der Waals surface area contributed by atoms with E-state index in [9.17, 15) is 4.79 Å². The first-order valence-corrected chi connectivity index (χ1v) is 11.9. The van der Waals surface area contributed by atoms with Crippen molar-refractivity contribution in [2.45, 2.75) is 59.4 Å². The van der Waals surface area contributed by atoms with Gasteiger partial charge in [0, 0.05) is 5.69 Å². The van der Waals surface area contributed by atoms with Crippen LogP contribution < -0.4 is 5.32 Å². The number of hydrogen-bond acceptors (Lipinski definition) is 3. The summed E-state index contributed by atoms with van der Waals surface area (Å²) in [6, 6.07) is 23.8. The molecule has 0 saturated carbocycles. The van der Waals surface area contributed by atoms with Gasteiger partial charge in [-0.2, -0.15) is 0 Å². The van der Waals surface area contributed by atoms with Gasteiger partial charge in [-0.05, 0) is 76.3 Å². The lowest BCUT2D eigenvalue weighted by atomic mass is 9.72. The SMILES string of the molecule is CCOC(=O)c1ccc2c(c1)CC(C)(C)C(c1cccc(-c3ccc(C(C)(C)C)cc3)c1)N2. The summed E-state index contributed by atoms with van der Waals surface area (Å²) in [7, 11) is 0. The number of benzene rings is 3. The van der Waals surface area contributed by atoms with Crippen LogP contribution >= 0.6 is 0 Å². The van der Waals surface area contributed by atoms with Crippen LogP contribution in [0.4, 0.5) is 5.69 Å². The predicted octanol–water partition coefficient (Wildman–Crippen LogP) is 7.56. The van der Waals surface area contributed by atoms with Gasteiger partial charge in [0.05, 0.1) is 18.2 Å². The van der Waals surface area contributed by atoms with E-state index in [2.05, 4.69) is 88.5 Å². The first-order valence-electron chi connectivity index (χ1n) is 11.9. The molecule has 0 aromatic heterocycles. The fourth-order valence-electron chi connectivity index (χ4n) is 4.76. The minimum absolute atomic E-state index is 0.0188. The van der Waals surface area contributed by atoms with Gasteiger partial charge >= 0.3 is 5.97 Å². The van der Waals surface area contributed by atoms with Crippen molar-refractivity contribution in [3.8, 4) is 11.1 Å². The van der Waals surface area contributed by atoms with Crippen molar-refractivity contribution in [3.63, 3.8) is 0 Å². The number of fused-ring (bicyclic) bond motifs is 1. The highest BCUT2D eigenvalue weighted by atomic mass is 16.5. The number of anilines is 1. The Morgan fingerprint density at radius 3 is 2.39 bits per heavy atom. The molecule has 0 radical (unpaired) electrons. The lowest BCUT2D eigenvalue weighted by Gasteiger charge is -2.41. The molecular formula is C30H35NO2. The summed E-state index contributed by atoms with van der Waals surface area (Å²) in [5, 5.41) is 3.76. The molecule has 0 spiro atoms. The molecule has 33 heavy (non-hydrogen) atoms. The van der Waals surface area contributed by atoms with Crippen molar-refractivity contribution in [3.05, 3.63) is 89.0 Å². The summed E-state index contributed by atoms with van der Waals surface area (Å²) < 4.78 is 5.18. The van der Waals surface area contributed by atoms with Gasteiger partial charge in [-0.25, -0.2) is 4.79 Å². The van der Waals surface area contributed by atoms with Crippen molar-refractivity contribution in [1.82, 2.24) is 0 Å². The van der Waals surface area contributed by atoms with Crippen molar-refractivity contribution >= 4 is 11.7 Å². The summed E-state index contributed by atoms with van der Waals surface area (Å²) in [6.45, 7) is 13.5. The van der Waals surface area contributed by atoms with E-state index in [1.165, 1.54) is 22.3 Å². The topological polar surface area (TPSA) is 38.3 Å². The van der Waals surface area contributed by atoms with Crippen LogP contribution in [0, 0.1) is 5.41 Å². The summed E-state index contributed by atoms with van der Waals surface area (Å²) in [5.41, 5.74) is 8.09. The molecular weight excluding hydrogens is 406 g/mol. The fraction of sp³-hybridized carbons (Fsp3) is 0.367. The zero-order valence-electron chi connectivity index (χ0n) is 20.7. The third kappa shape index (κ3) is 4.83. The molecule has 1 atom stereocenters.